The topological polar surface area (TPSA) is 55.8 Å². The number of nitrogens with zero attached hydrogens (tertiary/aromatic N) is 1. The van der Waals surface area contributed by atoms with Crippen molar-refractivity contribution in [1.82, 2.24) is 4.90 Å². The zero-order valence-corrected chi connectivity index (χ0v) is 9.52. The second-order valence-electron chi connectivity index (χ2n) is 2.85. The third-order valence-electron chi connectivity index (χ3n) is 1.74. The van der Waals surface area contributed by atoms with Crippen LogP contribution >= 0.6 is 11.6 Å². The second kappa shape index (κ2) is 5.37. The zero-order chi connectivity index (χ0) is 12.1. The molecule has 5 nitrogen and oxygen atoms in total. The predicted molar refractivity (Wildman–Crippen MR) is 57.6 cm³/mol. The number of ether oxygens (including phenoxy) is 2. The highest BCUT2D eigenvalue weighted by Gasteiger charge is 2.18. The summed E-state index contributed by atoms with van der Waals surface area (Å²) >= 11 is 5.66. The number of carbonyl (C=O) groups excluding carboxylic acids is 2. The Morgan fingerprint density at radius 2 is 1.75 bits per heavy atom. The monoisotopic (exact) mass is 243 g/mol. The molecule has 0 aliphatic carbocycles. The average molecular weight is 244 g/mol. The van der Waals surface area contributed by atoms with Gasteiger partial charge in [-0.05, 0) is 24.3 Å². The van der Waals surface area contributed by atoms with Gasteiger partial charge in [-0.2, -0.15) is 0 Å². The molecule has 0 atom stereocenters. The van der Waals surface area contributed by atoms with Crippen molar-refractivity contribution in [2.45, 2.75) is 0 Å². The Kier molecular flexibility index (Phi) is 4.13. The Hall–Kier alpha value is -1.75. The molecule has 0 N–H and O–H groups in total. The van der Waals surface area contributed by atoms with E-state index in [0.29, 0.717) is 15.7 Å². The van der Waals surface area contributed by atoms with Gasteiger partial charge in [0, 0.05) is 12.1 Å². The minimum absolute atomic E-state index is 0.296. The Labute approximate surface area is 97.5 Å². The van der Waals surface area contributed by atoms with Gasteiger partial charge in [0.2, 0.25) is 0 Å². The molecule has 0 spiro atoms. The summed E-state index contributed by atoms with van der Waals surface area (Å²) in [6, 6.07) is 6.18. The molecule has 0 aliphatic heterocycles. The molecule has 0 fully saturated rings. The smallest absolute Gasteiger partial charge is 0.424 e. The molecule has 16 heavy (non-hydrogen) atoms. The van der Waals surface area contributed by atoms with Gasteiger partial charge in [0.25, 0.3) is 0 Å². The van der Waals surface area contributed by atoms with Gasteiger partial charge in [-0.1, -0.05) is 11.6 Å². The Morgan fingerprint density at radius 3 is 2.25 bits per heavy atom. The fraction of sp³-hybridized carbons (Fsp3) is 0.200. The van der Waals surface area contributed by atoms with Gasteiger partial charge in [-0.3, -0.25) is 0 Å². The van der Waals surface area contributed by atoms with Crippen LogP contribution in [-0.2, 0) is 4.74 Å². The van der Waals surface area contributed by atoms with E-state index in [1.165, 1.54) is 26.3 Å². The van der Waals surface area contributed by atoms with Crippen molar-refractivity contribution < 1.29 is 19.1 Å². The first kappa shape index (κ1) is 12.3. The third kappa shape index (κ3) is 3.13. The van der Waals surface area contributed by atoms with E-state index >= 15 is 0 Å². The largest absolute Gasteiger partial charge is 0.452 e. The summed E-state index contributed by atoms with van der Waals surface area (Å²) in [6.45, 7) is 0. The average Bonchev–Trinajstić information content (AvgIpc) is 2.30. The van der Waals surface area contributed by atoms with Crippen molar-refractivity contribution in [3.8, 4) is 5.75 Å². The molecule has 0 bridgehead atoms. The summed E-state index contributed by atoms with van der Waals surface area (Å²) < 4.78 is 9.24. The van der Waals surface area contributed by atoms with Gasteiger partial charge in [0.15, 0.2) is 0 Å². The van der Waals surface area contributed by atoms with Gasteiger partial charge in [-0.25, -0.2) is 14.5 Å². The summed E-state index contributed by atoms with van der Waals surface area (Å²) in [5.41, 5.74) is 0. The molecule has 0 radical (unpaired) electrons. The first-order valence-electron chi connectivity index (χ1n) is 4.33. The van der Waals surface area contributed by atoms with Crippen molar-refractivity contribution in [2.24, 2.45) is 0 Å². The molecule has 0 saturated carbocycles. The van der Waals surface area contributed by atoms with Crippen LogP contribution in [0, 0.1) is 0 Å². The fourth-order valence-electron chi connectivity index (χ4n) is 0.883. The van der Waals surface area contributed by atoms with Crippen LogP contribution in [0.5, 0.6) is 5.75 Å². The van der Waals surface area contributed by atoms with Crippen LogP contribution in [0.15, 0.2) is 24.3 Å². The highest BCUT2D eigenvalue weighted by molar-refractivity contribution is 6.30. The van der Waals surface area contributed by atoms with Gasteiger partial charge < -0.3 is 9.47 Å². The molecule has 0 unspecified atom stereocenters. The van der Waals surface area contributed by atoms with Crippen molar-refractivity contribution in [3.63, 3.8) is 0 Å². The van der Waals surface area contributed by atoms with Crippen LogP contribution in [0.2, 0.25) is 5.02 Å². The van der Waals surface area contributed by atoms with E-state index in [4.69, 9.17) is 16.3 Å². The maximum absolute atomic E-state index is 11.4. The van der Waals surface area contributed by atoms with Gasteiger partial charge in [0.05, 0.1) is 7.11 Å². The van der Waals surface area contributed by atoms with Crippen LogP contribution in [0.3, 0.4) is 0 Å². The SMILES string of the molecule is COC(=O)N(C)C(=O)Oc1ccc(Cl)cc1. The number of hydrogen-bond donors (Lipinski definition) is 0. The lowest BCUT2D eigenvalue weighted by atomic mass is 10.3. The number of imide groups is 1. The molecule has 86 valence electrons. The Bertz CT molecular complexity index is 390. The lowest BCUT2D eigenvalue weighted by Gasteiger charge is -2.13. The predicted octanol–water partition coefficient (Wildman–Crippen LogP) is 2.54. The summed E-state index contributed by atoms with van der Waals surface area (Å²) in [7, 11) is 2.43. The Balaban J connectivity index is 2.64. The van der Waals surface area contributed by atoms with E-state index in [-0.39, 0.29) is 0 Å². The number of amides is 2. The summed E-state index contributed by atoms with van der Waals surface area (Å²) in [4.78, 5) is 23.1. The van der Waals surface area contributed by atoms with E-state index in [1.807, 2.05) is 0 Å². The molecule has 1 aromatic rings. The number of carbonyl (C=O) groups is 2. The van der Waals surface area contributed by atoms with E-state index in [0.717, 1.165) is 0 Å². The maximum atomic E-state index is 11.4. The van der Waals surface area contributed by atoms with Crippen LogP contribution in [0.1, 0.15) is 0 Å². The standard InChI is InChI=1S/C10H10ClNO4/c1-12(9(13)15-2)10(14)16-8-5-3-7(11)4-6-8/h3-6H,1-2H3. The molecule has 0 aliphatic rings. The first-order valence-corrected chi connectivity index (χ1v) is 4.71. The lowest BCUT2D eigenvalue weighted by molar-refractivity contribution is 0.121. The first-order chi connectivity index (χ1) is 7.54. The summed E-state index contributed by atoms with van der Waals surface area (Å²) in [6.07, 6.45) is -1.62. The molecule has 2 amide bonds. The normalized spacial score (nSPS) is 9.44. The maximum Gasteiger partial charge on any atom is 0.424 e. The third-order valence-corrected chi connectivity index (χ3v) is 1.99. The van der Waals surface area contributed by atoms with Crippen LogP contribution in [-0.4, -0.2) is 31.2 Å². The minimum atomic E-state index is -0.825. The number of rotatable bonds is 1. The summed E-state index contributed by atoms with van der Waals surface area (Å²) in [5.74, 6) is 0.296. The highest BCUT2D eigenvalue weighted by Crippen LogP contribution is 2.16. The number of methoxy groups -OCH3 is 1. The van der Waals surface area contributed by atoms with Crippen molar-refractivity contribution >= 4 is 23.8 Å². The zero-order valence-electron chi connectivity index (χ0n) is 8.77. The summed E-state index contributed by atoms with van der Waals surface area (Å²) in [5, 5.41) is 0.529. The van der Waals surface area contributed by atoms with Crippen molar-refractivity contribution in [3.05, 3.63) is 29.3 Å². The molecular weight excluding hydrogens is 234 g/mol. The van der Waals surface area contributed by atoms with E-state index in [9.17, 15) is 9.59 Å². The van der Waals surface area contributed by atoms with E-state index in [1.54, 1.807) is 12.1 Å². The molecule has 1 rings (SSSR count). The lowest BCUT2D eigenvalue weighted by Crippen LogP contribution is -2.35. The molecule has 0 saturated heterocycles. The van der Waals surface area contributed by atoms with Crippen molar-refractivity contribution in [1.29, 1.82) is 0 Å². The van der Waals surface area contributed by atoms with Crippen LogP contribution in [0.4, 0.5) is 9.59 Å². The second-order valence-corrected chi connectivity index (χ2v) is 3.29. The van der Waals surface area contributed by atoms with Crippen molar-refractivity contribution in [2.75, 3.05) is 14.2 Å². The molecule has 0 heterocycles. The molecule has 6 heteroatoms. The van der Waals surface area contributed by atoms with Crippen LogP contribution in [0.25, 0.3) is 0 Å². The quantitative estimate of drug-likeness (QED) is 0.761. The van der Waals surface area contributed by atoms with Gasteiger partial charge >= 0.3 is 12.2 Å². The van der Waals surface area contributed by atoms with E-state index < -0.39 is 12.2 Å². The van der Waals surface area contributed by atoms with Gasteiger partial charge in [0.1, 0.15) is 5.75 Å². The Morgan fingerprint density at radius 1 is 1.19 bits per heavy atom. The number of benzene rings is 1. The van der Waals surface area contributed by atoms with Crippen LogP contribution < -0.4 is 4.74 Å². The van der Waals surface area contributed by atoms with Gasteiger partial charge in [-0.15, -0.1) is 0 Å². The molecule has 1 aromatic carbocycles. The number of hydrogen-bond acceptors (Lipinski definition) is 4. The minimum Gasteiger partial charge on any atom is -0.452 e. The molecular formula is C10H10ClNO4. The molecule has 0 aromatic heterocycles. The highest BCUT2D eigenvalue weighted by atomic mass is 35.5. The fourth-order valence-corrected chi connectivity index (χ4v) is 1.01. The number of halogens is 1. The van der Waals surface area contributed by atoms with E-state index in [2.05, 4.69) is 4.74 Å².